The lowest BCUT2D eigenvalue weighted by Crippen LogP contribution is -2.77. The minimum atomic E-state index is -7.23. The SMILES string of the molecule is FC(F)(F)C1(C(F)(F)F)OC(F)(F)C(F)(F)OC1(F)F. The fraction of sp³-hybridized carbons (Fsp3) is 1.00. The molecule has 0 radical (unpaired) electrons. The van der Waals surface area contributed by atoms with E-state index in [0.29, 0.717) is 0 Å². The zero-order valence-electron chi connectivity index (χ0n) is 8.35. The molecular weight excluding hydrogens is 332 g/mol. The smallest absolute Gasteiger partial charge is 0.280 e. The first kappa shape index (κ1) is 17.1. The van der Waals surface area contributed by atoms with Crippen LogP contribution in [0.1, 0.15) is 0 Å². The van der Waals surface area contributed by atoms with Crippen molar-refractivity contribution in [2.45, 2.75) is 36.3 Å². The summed E-state index contributed by atoms with van der Waals surface area (Å²) >= 11 is 0. The highest BCUT2D eigenvalue weighted by atomic mass is 19.4. The van der Waals surface area contributed by atoms with Gasteiger partial charge in [-0.1, -0.05) is 0 Å². The van der Waals surface area contributed by atoms with Crippen LogP contribution >= 0.6 is 0 Å². The molecule has 2 nitrogen and oxygen atoms in total. The van der Waals surface area contributed by atoms with Gasteiger partial charge in [0.1, 0.15) is 0 Å². The number of alkyl halides is 12. The van der Waals surface area contributed by atoms with Gasteiger partial charge in [0.25, 0.3) is 0 Å². The van der Waals surface area contributed by atoms with Crippen molar-refractivity contribution in [3.05, 3.63) is 0 Å². The lowest BCUT2D eigenvalue weighted by molar-refractivity contribution is -0.618. The summed E-state index contributed by atoms with van der Waals surface area (Å²) in [5.41, 5.74) is -6.95. The number of hydrogen-bond acceptors (Lipinski definition) is 2. The molecule has 0 aliphatic carbocycles. The van der Waals surface area contributed by atoms with E-state index in [1.165, 1.54) is 0 Å². The second kappa shape index (κ2) is 3.84. The Morgan fingerprint density at radius 1 is 0.500 bits per heavy atom. The number of hydrogen-bond donors (Lipinski definition) is 0. The van der Waals surface area contributed by atoms with Crippen molar-refractivity contribution < 1.29 is 62.2 Å². The maximum Gasteiger partial charge on any atom is 0.453 e. The summed E-state index contributed by atoms with van der Waals surface area (Å²) in [6, 6.07) is 0. The van der Waals surface area contributed by atoms with Gasteiger partial charge in [0.15, 0.2) is 0 Å². The fourth-order valence-corrected chi connectivity index (χ4v) is 1.21. The summed E-state index contributed by atoms with van der Waals surface area (Å²) in [7, 11) is 0. The van der Waals surface area contributed by atoms with Crippen LogP contribution in [-0.2, 0) is 9.47 Å². The summed E-state index contributed by atoms with van der Waals surface area (Å²) in [5.74, 6) is 0. The van der Waals surface area contributed by atoms with Crippen LogP contribution in [0.25, 0.3) is 0 Å². The first-order valence-corrected chi connectivity index (χ1v) is 4.08. The van der Waals surface area contributed by atoms with Gasteiger partial charge >= 0.3 is 36.3 Å². The lowest BCUT2D eigenvalue weighted by Gasteiger charge is -2.48. The summed E-state index contributed by atoms with van der Waals surface area (Å²) in [5, 5.41) is 0. The van der Waals surface area contributed by atoms with Crippen molar-refractivity contribution in [3.8, 4) is 0 Å². The normalized spacial score (nSPS) is 28.2. The van der Waals surface area contributed by atoms with Crippen LogP contribution in [0, 0.1) is 0 Å². The second-order valence-electron chi connectivity index (χ2n) is 3.43. The average Bonchev–Trinajstić information content (AvgIpc) is 2.05. The van der Waals surface area contributed by atoms with Crippen LogP contribution in [0.4, 0.5) is 52.7 Å². The van der Waals surface area contributed by atoms with E-state index in [1.807, 2.05) is 4.74 Å². The van der Waals surface area contributed by atoms with Gasteiger partial charge in [-0.15, -0.1) is 0 Å². The van der Waals surface area contributed by atoms with Crippen molar-refractivity contribution in [2.24, 2.45) is 0 Å². The van der Waals surface area contributed by atoms with Gasteiger partial charge in [-0.2, -0.15) is 52.7 Å². The molecule has 1 rings (SSSR count). The summed E-state index contributed by atoms with van der Waals surface area (Å²) in [6.45, 7) is 0. The molecule has 120 valence electrons. The van der Waals surface area contributed by atoms with Gasteiger partial charge < -0.3 is 0 Å². The highest BCUT2D eigenvalue weighted by Crippen LogP contribution is 2.62. The van der Waals surface area contributed by atoms with E-state index in [9.17, 15) is 52.7 Å². The summed E-state index contributed by atoms with van der Waals surface area (Å²) in [6.07, 6.45) is -34.3. The Hall–Kier alpha value is -0.920. The van der Waals surface area contributed by atoms with Crippen LogP contribution in [0.5, 0.6) is 0 Å². The number of halogens is 12. The van der Waals surface area contributed by atoms with Crippen LogP contribution in [0.2, 0.25) is 0 Å². The largest absolute Gasteiger partial charge is 0.453 e. The van der Waals surface area contributed by atoms with Gasteiger partial charge in [-0.05, 0) is 0 Å². The van der Waals surface area contributed by atoms with Gasteiger partial charge in [-0.3, -0.25) is 4.74 Å². The third kappa shape index (κ3) is 1.99. The molecule has 0 amide bonds. The van der Waals surface area contributed by atoms with Crippen molar-refractivity contribution in [2.75, 3.05) is 0 Å². The second-order valence-corrected chi connectivity index (χ2v) is 3.43. The highest BCUT2D eigenvalue weighted by molar-refractivity contribution is 5.06. The molecule has 14 heteroatoms. The molecule has 1 saturated heterocycles. The van der Waals surface area contributed by atoms with Crippen LogP contribution in [0.3, 0.4) is 0 Å². The minimum Gasteiger partial charge on any atom is -0.280 e. The Balaban J connectivity index is 3.61. The van der Waals surface area contributed by atoms with Crippen LogP contribution < -0.4 is 0 Å². The van der Waals surface area contributed by atoms with E-state index < -0.39 is 36.3 Å². The van der Waals surface area contributed by atoms with Gasteiger partial charge in [0, 0.05) is 0 Å². The van der Waals surface area contributed by atoms with E-state index in [1.54, 1.807) is 4.74 Å². The van der Waals surface area contributed by atoms with Gasteiger partial charge in [0.05, 0.1) is 0 Å². The topological polar surface area (TPSA) is 18.5 Å². The van der Waals surface area contributed by atoms with Gasteiger partial charge in [-0.25, -0.2) is 4.74 Å². The summed E-state index contributed by atoms with van der Waals surface area (Å²) in [4.78, 5) is 0. The Labute approximate surface area is 99.8 Å². The molecule has 0 N–H and O–H groups in total. The van der Waals surface area contributed by atoms with E-state index in [0.717, 1.165) is 0 Å². The van der Waals surface area contributed by atoms with Crippen LogP contribution in [0.15, 0.2) is 0 Å². The van der Waals surface area contributed by atoms with E-state index in [2.05, 4.69) is 0 Å². The minimum absolute atomic E-state index is 1.76. The maximum atomic E-state index is 12.8. The molecule has 1 fully saturated rings. The van der Waals surface area contributed by atoms with Crippen LogP contribution in [-0.4, -0.2) is 36.3 Å². The molecule has 0 aromatic heterocycles. The van der Waals surface area contributed by atoms with E-state index in [4.69, 9.17) is 0 Å². The van der Waals surface area contributed by atoms with E-state index >= 15 is 0 Å². The van der Waals surface area contributed by atoms with Gasteiger partial charge in [0.2, 0.25) is 0 Å². The lowest BCUT2D eigenvalue weighted by atomic mass is 9.99. The predicted octanol–water partition coefficient (Wildman–Crippen LogP) is 3.67. The molecule has 1 heterocycles. The first-order chi connectivity index (χ1) is 8.41. The molecule has 0 saturated carbocycles. The first-order valence-electron chi connectivity index (χ1n) is 4.08. The third-order valence-corrected chi connectivity index (χ3v) is 2.08. The molecular formula is C6F12O2. The molecule has 0 bridgehead atoms. The zero-order valence-corrected chi connectivity index (χ0v) is 8.35. The van der Waals surface area contributed by atoms with Crippen molar-refractivity contribution in [1.82, 2.24) is 0 Å². The molecule has 0 unspecified atom stereocenters. The highest BCUT2D eigenvalue weighted by Gasteiger charge is 2.93. The Bertz CT molecular complexity index is 378. The van der Waals surface area contributed by atoms with Crippen molar-refractivity contribution in [1.29, 1.82) is 0 Å². The van der Waals surface area contributed by atoms with E-state index in [-0.39, 0.29) is 0 Å². The van der Waals surface area contributed by atoms with Crippen molar-refractivity contribution in [3.63, 3.8) is 0 Å². The Morgan fingerprint density at radius 2 is 0.800 bits per heavy atom. The molecule has 1 aliphatic heterocycles. The Kier molecular flexibility index (Phi) is 3.29. The molecule has 0 aromatic rings. The molecule has 0 aromatic carbocycles. The Morgan fingerprint density at radius 3 is 1.10 bits per heavy atom. The predicted molar refractivity (Wildman–Crippen MR) is 31.9 cm³/mol. The number of rotatable bonds is 0. The monoisotopic (exact) mass is 332 g/mol. The molecule has 20 heavy (non-hydrogen) atoms. The quantitative estimate of drug-likeness (QED) is 0.630. The zero-order chi connectivity index (χ0) is 16.4. The molecule has 1 aliphatic rings. The average molecular weight is 332 g/mol. The standard InChI is InChI=1S/C6F12O2/c7-2(8,9)1(3(10,11)12)4(13,14)20-6(17,18)5(15,16)19-1. The number of ether oxygens (including phenoxy) is 2. The molecule has 0 spiro atoms. The van der Waals surface area contributed by atoms with Crippen molar-refractivity contribution >= 4 is 0 Å². The maximum absolute atomic E-state index is 12.8. The summed E-state index contributed by atoms with van der Waals surface area (Å²) < 4.78 is 152. The fourth-order valence-electron chi connectivity index (χ4n) is 1.21. The molecule has 0 atom stereocenters. The third-order valence-electron chi connectivity index (χ3n) is 2.08.